The molecule has 0 amide bonds. The first-order valence-corrected chi connectivity index (χ1v) is 5.59. The van der Waals surface area contributed by atoms with Crippen LogP contribution in [0.5, 0.6) is 0 Å². The molecule has 1 unspecified atom stereocenters. The maximum absolute atomic E-state index is 4.43. The van der Waals surface area contributed by atoms with E-state index in [1.54, 1.807) is 0 Å². The molecule has 15 heavy (non-hydrogen) atoms. The predicted octanol–water partition coefficient (Wildman–Crippen LogP) is 1.02. The van der Waals surface area contributed by atoms with E-state index >= 15 is 0 Å². The van der Waals surface area contributed by atoms with Crippen LogP contribution in [-0.4, -0.2) is 41.1 Å². The largest absolute Gasteiger partial charge is 0.340 e. The Morgan fingerprint density at radius 3 is 2.53 bits per heavy atom. The summed E-state index contributed by atoms with van der Waals surface area (Å²) in [6.07, 6.45) is 3.96. The first-order chi connectivity index (χ1) is 7.22. The van der Waals surface area contributed by atoms with Gasteiger partial charge in [0.1, 0.15) is 0 Å². The van der Waals surface area contributed by atoms with Crippen molar-refractivity contribution in [2.75, 3.05) is 26.7 Å². The lowest BCUT2D eigenvalue weighted by Gasteiger charge is -2.28. The average molecular weight is 210 g/mol. The van der Waals surface area contributed by atoms with Gasteiger partial charge in [0.2, 0.25) is 0 Å². The van der Waals surface area contributed by atoms with E-state index in [1.165, 1.54) is 0 Å². The van der Waals surface area contributed by atoms with Gasteiger partial charge in [-0.25, -0.2) is 4.98 Å². The number of rotatable bonds is 6. The highest BCUT2D eigenvalue weighted by Gasteiger charge is 2.18. The van der Waals surface area contributed by atoms with Crippen molar-refractivity contribution in [3.63, 3.8) is 0 Å². The minimum Gasteiger partial charge on any atom is -0.340 e. The number of aryl methyl sites for hydroxylation is 1. The Morgan fingerprint density at radius 2 is 2.13 bits per heavy atom. The van der Waals surface area contributed by atoms with Crippen molar-refractivity contribution in [1.82, 2.24) is 19.8 Å². The fourth-order valence-electron chi connectivity index (χ4n) is 1.88. The summed E-state index contributed by atoms with van der Waals surface area (Å²) in [5.74, 6) is 0. The number of hydrogen-bond donors (Lipinski definition) is 1. The number of aromatic nitrogens is 2. The Hall–Kier alpha value is -0.870. The van der Waals surface area contributed by atoms with Gasteiger partial charge in [0.25, 0.3) is 0 Å². The average Bonchev–Trinajstić information content (AvgIpc) is 2.65. The number of likely N-dealkylation sites (N-methyl/N-ethyl adjacent to an activating group) is 2. The summed E-state index contributed by atoms with van der Waals surface area (Å²) in [6, 6.07) is 0.381. The Kier molecular flexibility index (Phi) is 4.78. The molecule has 1 aromatic heterocycles. The minimum atomic E-state index is 0.381. The minimum absolute atomic E-state index is 0.381. The Labute approximate surface area is 92.3 Å². The summed E-state index contributed by atoms with van der Waals surface area (Å²) < 4.78 is 2.00. The van der Waals surface area contributed by atoms with Crippen LogP contribution in [0.4, 0.5) is 0 Å². The molecule has 1 aromatic rings. The van der Waals surface area contributed by atoms with Gasteiger partial charge in [-0.1, -0.05) is 13.8 Å². The third kappa shape index (κ3) is 3.04. The van der Waals surface area contributed by atoms with Crippen molar-refractivity contribution < 1.29 is 0 Å². The van der Waals surface area contributed by atoms with E-state index in [9.17, 15) is 0 Å². The first-order valence-electron chi connectivity index (χ1n) is 5.59. The van der Waals surface area contributed by atoms with Gasteiger partial charge in [-0.2, -0.15) is 0 Å². The molecule has 0 radical (unpaired) electrons. The highest BCUT2D eigenvalue weighted by molar-refractivity contribution is 5.04. The van der Waals surface area contributed by atoms with E-state index in [1.807, 2.05) is 25.0 Å². The lowest BCUT2D eigenvalue weighted by atomic mass is 10.2. The van der Waals surface area contributed by atoms with Crippen LogP contribution in [0.1, 0.15) is 25.6 Å². The molecule has 0 saturated carbocycles. The molecule has 1 atom stereocenters. The zero-order valence-corrected chi connectivity index (χ0v) is 10.2. The molecular formula is C11H22N4. The standard InChI is InChI=1S/C11H22N4/c1-5-15(6-2)11(7-12-3)10-8-14(4)9-13-10/h8-9,11-12H,5-7H2,1-4H3. The summed E-state index contributed by atoms with van der Waals surface area (Å²) in [7, 11) is 3.99. The van der Waals surface area contributed by atoms with Crippen LogP contribution in [0.15, 0.2) is 12.5 Å². The van der Waals surface area contributed by atoms with E-state index in [4.69, 9.17) is 0 Å². The molecule has 0 spiro atoms. The summed E-state index contributed by atoms with van der Waals surface area (Å²) in [5, 5.41) is 3.23. The molecule has 0 aliphatic carbocycles. The normalized spacial score (nSPS) is 13.4. The van der Waals surface area contributed by atoms with Gasteiger partial charge < -0.3 is 9.88 Å². The molecule has 1 rings (SSSR count). The molecule has 4 heteroatoms. The monoisotopic (exact) mass is 210 g/mol. The van der Waals surface area contributed by atoms with Gasteiger partial charge in [-0.15, -0.1) is 0 Å². The van der Waals surface area contributed by atoms with Gasteiger partial charge >= 0.3 is 0 Å². The summed E-state index contributed by atoms with van der Waals surface area (Å²) in [6.45, 7) is 7.43. The summed E-state index contributed by atoms with van der Waals surface area (Å²) in [5.41, 5.74) is 1.15. The van der Waals surface area contributed by atoms with Crippen LogP contribution in [-0.2, 0) is 7.05 Å². The third-order valence-corrected chi connectivity index (χ3v) is 2.72. The smallest absolute Gasteiger partial charge is 0.0947 e. The van der Waals surface area contributed by atoms with Gasteiger partial charge in [-0.3, -0.25) is 4.90 Å². The van der Waals surface area contributed by atoms with Crippen LogP contribution < -0.4 is 5.32 Å². The quantitative estimate of drug-likeness (QED) is 0.761. The molecule has 4 nitrogen and oxygen atoms in total. The maximum Gasteiger partial charge on any atom is 0.0947 e. The molecule has 1 heterocycles. The van der Waals surface area contributed by atoms with Crippen molar-refractivity contribution in [3.8, 4) is 0 Å². The van der Waals surface area contributed by atoms with Crippen LogP contribution in [0.3, 0.4) is 0 Å². The summed E-state index contributed by atoms with van der Waals surface area (Å²) in [4.78, 5) is 6.85. The lowest BCUT2D eigenvalue weighted by Crippen LogP contribution is -2.34. The van der Waals surface area contributed by atoms with Gasteiger partial charge in [0.15, 0.2) is 0 Å². The first kappa shape index (κ1) is 12.2. The van der Waals surface area contributed by atoms with Gasteiger partial charge in [-0.05, 0) is 20.1 Å². The zero-order valence-electron chi connectivity index (χ0n) is 10.2. The fraction of sp³-hybridized carbons (Fsp3) is 0.727. The molecule has 0 aliphatic rings. The lowest BCUT2D eigenvalue weighted by molar-refractivity contribution is 0.212. The van der Waals surface area contributed by atoms with Crippen molar-refractivity contribution in [3.05, 3.63) is 18.2 Å². The van der Waals surface area contributed by atoms with E-state index in [0.717, 1.165) is 25.3 Å². The van der Waals surface area contributed by atoms with Crippen LogP contribution in [0.25, 0.3) is 0 Å². The number of imidazole rings is 1. The van der Waals surface area contributed by atoms with Crippen molar-refractivity contribution >= 4 is 0 Å². The zero-order chi connectivity index (χ0) is 11.3. The SMILES string of the molecule is CCN(CC)C(CNC)c1cn(C)cn1. The van der Waals surface area contributed by atoms with Crippen LogP contribution in [0.2, 0.25) is 0 Å². The van der Waals surface area contributed by atoms with Crippen LogP contribution in [0, 0.1) is 0 Å². The molecule has 1 N–H and O–H groups in total. The highest BCUT2D eigenvalue weighted by Crippen LogP contribution is 2.17. The van der Waals surface area contributed by atoms with E-state index in [2.05, 4.69) is 35.2 Å². The molecule has 0 bridgehead atoms. The van der Waals surface area contributed by atoms with Crippen molar-refractivity contribution in [1.29, 1.82) is 0 Å². The summed E-state index contributed by atoms with van der Waals surface area (Å²) >= 11 is 0. The molecular weight excluding hydrogens is 188 g/mol. The molecule has 0 aliphatic heterocycles. The van der Waals surface area contributed by atoms with Crippen molar-refractivity contribution in [2.24, 2.45) is 7.05 Å². The van der Waals surface area contributed by atoms with E-state index in [0.29, 0.717) is 6.04 Å². The third-order valence-electron chi connectivity index (χ3n) is 2.72. The van der Waals surface area contributed by atoms with E-state index in [-0.39, 0.29) is 0 Å². The Morgan fingerprint density at radius 1 is 1.47 bits per heavy atom. The Bertz CT molecular complexity index is 278. The maximum atomic E-state index is 4.43. The van der Waals surface area contributed by atoms with Crippen LogP contribution >= 0.6 is 0 Å². The molecule has 86 valence electrons. The second-order valence-corrected chi connectivity index (χ2v) is 3.76. The van der Waals surface area contributed by atoms with Crippen molar-refractivity contribution in [2.45, 2.75) is 19.9 Å². The van der Waals surface area contributed by atoms with Gasteiger partial charge in [0, 0.05) is 19.8 Å². The molecule has 0 saturated heterocycles. The molecule has 0 fully saturated rings. The number of hydrogen-bond acceptors (Lipinski definition) is 3. The number of nitrogens with zero attached hydrogens (tertiary/aromatic N) is 3. The second-order valence-electron chi connectivity index (χ2n) is 3.76. The topological polar surface area (TPSA) is 33.1 Å². The highest BCUT2D eigenvalue weighted by atomic mass is 15.2. The second kappa shape index (κ2) is 5.88. The van der Waals surface area contributed by atoms with E-state index < -0.39 is 0 Å². The predicted molar refractivity (Wildman–Crippen MR) is 62.8 cm³/mol. The Balaban J connectivity index is 2.81. The number of nitrogens with one attached hydrogen (secondary N) is 1. The molecule has 0 aromatic carbocycles. The van der Waals surface area contributed by atoms with Gasteiger partial charge in [0.05, 0.1) is 18.1 Å². The fourth-order valence-corrected chi connectivity index (χ4v) is 1.88.